The van der Waals surface area contributed by atoms with Crippen molar-refractivity contribution in [2.45, 2.75) is 0 Å². The number of carbonyl (C=O) groups is 1. The SMILES string of the molecule is COc1cc(N/C=C\C(=O)c2ccccc2)c(/C=C\c2cc(OC)c(OC)c(OC)c2)cc1F. The van der Waals surface area contributed by atoms with Gasteiger partial charge >= 0.3 is 0 Å². The molecule has 0 amide bonds. The second-order valence-electron chi connectivity index (χ2n) is 7.07. The molecule has 7 heteroatoms. The zero-order valence-electron chi connectivity index (χ0n) is 19.4. The molecule has 176 valence electrons. The summed E-state index contributed by atoms with van der Waals surface area (Å²) in [6.45, 7) is 0. The van der Waals surface area contributed by atoms with E-state index in [2.05, 4.69) is 5.32 Å². The predicted molar refractivity (Wildman–Crippen MR) is 132 cm³/mol. The number of halogens is 1. The van der Waals surface area contributed by atoms with Crippen molar-refractivity contribution in [3.05, 3.63) is 89.4 Å². The first-order valence-electron chi connectivity index (χ1n) is 10.4. The average molecular weight is 464 g/mol. The van der Waals surface area contributed by atoms with Crippen molar-refractivity contribution >= 4 is 23.6 Å². The van der Waals surface area contributed by atoms with Crippen molar-refractivity contribution in [2.75, 3.05) is 33.8 Å². The molecule has 0 fully saturated rings. The number of ketones is 1. The number of ether oxygens (including phenoxy) is 4. The number of carbonyl (C=O) groups excluding carboxylic acids is 1. The summed E-state index contributed by atoms with van der Waals surface area (Å²) in [5, 5.41) is 3.05. The van der Waals surface area contributed by atoms with Gasteiger partial charge in [0.2, 0.25) is 5.75 Å². The molecule has 0 saturated heterocycles. The number of allylic oxidation sites excluding steroid dienone is 1. The Morgan fingerprint density at radius 1 is 0.824 bits per heavy atom. The number of benzene rings is 3. The van der Waals surface area contributed by atoms with E-state index in [0.717, 1.165) is 5.56 Å². The van der Waals surface area contributed by atoms with Gasteiger partial charge in [0.25, 0.3) is 0 Å². The van der Waals surface area contributed by atoms with Crippen LogP contribution in [0.15, 0.2) is 66.9 Å². The molecular weight excluding hydrogens is 437 g/mol. The van der Waals surface area contributed by atoms with Crippen molar-refractivity contribution in [2.24, 2.45) is 0 Å². The Balaban J connectivity index is 1.91. The van der Waals surface area contributed by atoms with Crippen LogP contribution < -0.4 is 24.3 Å². The average Bonchev–Trinajstić information content (AvgIpc) is 2.87. The maximum absolute atomic E-state index is 14.4. The lowest BCUT2D eigenvalue weighted by Crippen LogP contribution is -1.98. The van der Waals surface area contributed by atoms with Crippen molar-refractivity contribution in [3.8, 4) is 23.0 Å². The molecule has 0 unspecified atom stereocenters. The molecule has 0 aromatic heterocycles. The summed E-state index contributed by atoms with van der Waals surface area (Å²) < 4.78 is 35.7. The van der Waals surface area contributed by atoms with E-state index < -0.39 is 5.82 Å². The Morgan fingerprint density at radius 2 is 1.47 bits per heavy atom. The van der Waals surface area contributed by atoms with Crippen LogP contribution in [-0.2, 0) is 0 Å². The van der Waals surface area contributed by atoms with Crippen LogP contribution in [0, 0.1) is 5.82 Å². The number of hydrogen-bond acceptors (Lipinski definition) is 6. The predicted octanol–water partition coefficient (Wildman–Crippen LogP) is 5.84. The van der Waals surface area contributed by atoms with E-state index >= 15 is 0 Å². The van der Waals surface area contributed by atoms with Crippen molar-refractivity contribution in [3.63, 3.8) is 0 Å². The van der Waals surface area contributed by atoms with E-state index in [1.54, 1.807) is 48.6 Å². The maximum Gasteiger partial charge on any atom is 0.203 e. The molecule has 0 radical (unpaired) electrons. The third kappa shape index (κ3) is 5.75. The van der Waals surface area contributed by atoms with Crippen LogP contribution in [-0.4, -0.2) is 34.2 Å². The summed E-state index contributed by atoms with van der Waals surface area (Å²) in [6, 6.07) is 15.3. The minimum Gasteiger partial charge on any atom is -0.494 e. The van der Waals surface area contributed by atoms with E-state index in [0.29, 0.717) is 34.1 Å². The van der Waals surface area contributed by atoms with E-state index in [9.17, 15) is 9.18 Å². The van der Waals surface area contributed by atoms with Crippen LogP contribution in [0.1, 0.15) is 21.5 Å². The highest BCUT2D eigenvalue weighted by Gasteiger charge is 2.13. The van der Waals surface area contributed by atoms with Crippen molar-refractivity contribution < 1.29 is 28.1 Å². The Hall–Kier alpha value is -4.26. The normalized spacial score (nSPS) is 11.0. The van der Waals surface area contributed by atoms with Crippen molar-refractivity contribution in [1.29, 1.82) is 0 Å². The van der Waals surface area contributed by atoms with E-state index in [4.69, 9.17) is 18.9 Å². The first-order chi connectivity index (χ1) is 16.5. The monoisotopic (exact) mass is 463 g/mol. The third-order valence-electron chi connectivity index (χ3n) is 5.00. The molecule has 0 saturated carbocycles. The Kier molecular flexibility index (Phi) is 8.29. The molecule has 3 aromatic rings. The molecule has 0 heterocycles. The lowest BCUT2D eigenvalue weighted by molar-refractivity contribution is 0.104. The first kappa shape index (κ1) is 24.4. The third-order valence-corrected chi connectivity index (χ3v) is 5.00. The van der Waals surface area contributed by atoms with Gasteiger partial charge in [-0.1, -0.05) is 42.5 Å². The van der Waals surface area contributed by atoms with Gasteiger partial charge in [0.05, 0.1) is 28.4 Å². The highest BCUT2D eigenvalue weighted by Crippen LogP contribution is 2.39. The number of anilines is 1. The molecular formula is C27H26FNO5. The molecule has 3 aromatic carbocycles. The van der Waals surface area contributed by atoms with Gasteiger partial charge in [-0.05, 0) is 23.8 Å². The standard InChI is InChI=1S/C27H26FNO5/c1-31-24-17-22(29-13-12-23(30)19-8-6-5-7-9-19)20(16-21(24)28)11-10-18-14-25(32-2)27(34-4)26(15-18)33-3/h5-17,29H,1-4H3/b11-10-,13-12-. The van der Waals surface area contributed by atoms with Crippen LogP contribution in [0.5, 0.6) is 23.0 Å². The Labute approximate surface area is 198 Å². The number of methoxy groups -OCH3 is 4. The molecule has 0 aliphatic carbocycles. The second-order valence-corrected chi connectivity index (χ2v) is 7.07. The molecule has 6 nitrogen and oxygen atoms in total. The molecule has 34 heavy (non-hydrogen) atoms. The fourth-order valence-electron chi connectivity index (χ4n) is 3.28. The summed E-state index contributed by atoms with van der Waals surface area (Å²) in [4.78, 5) is 12.3. The fourth-order valence-corrected chi connectivity index (χ4v) is 3.28. The van der Waals surface area contributed by atoms with E-state index in [-0.39, 0.29) is 11.5 Å². The highest BCUT2D eigenvalue weighted by atomic mass is 19.1. The minimum absolute atomic E-state index is 0.0789. The van der Waals surface area contributed by atoms with Crippen LogP contribution >= 0.6 is 0 Å². The van der Waals surface area contributed by atoms with Crippen LogP contribution in [0.2, 0.25) is 0 Å². The maximum atomic E-state index is 14.4. The van der Waals surface area contributed by atoms with Crippen LogP contribution in [0.3, 0.4) is 0 Å². The summed E-state index contributed by atoms with van der Waals surface area (Å²) in [6.07, 6.45) is 6.45. The van der Waals surface area contributed by atoms with Gasteiger partial charge in [0.1, 0.15) is 0 Å². The van der Waals surface area contributed by atoms with Gasteiger partial charge in [-0.2, -0.15) is 0 Å². The zero-order chi connectivity index (χ0) is 24.5. The summed E-state index contributed by atoms with van der Waals surface area (Å²) >= 11 is 0. The summed E-state index contributed by atoms with van der Waals surface area (Å²) in [7, 11) is 6.00. The summed E-state index contributed by atoms with van der Waals surface area (Å²) in [5.41, 5.74) is 2.43. The quantitative estimate of drug-likeness (QED) is 0.232. The smallest absolute Gasteiger partial charge is 0.203 e. The van der Waals surface area contributed by atoms with Gasteiger partial charge in [0, 0.05) is 35.2 Å². The number of rotatable bonds is 10. The molecule has 3 rings (SSSR count). The number of hydrogen-bond donors (Lipinski definition) is 1. The van der Waals surface area contributed by atoms with Gasteiger partial charge < -0.3 is 24.3 Å². The molecule has 0 aliphatic rings. The first-order valence-corrected chi connectivity index (χ1v) is 10.4. The van der Waals surface area contributed by atoms with Gasteiger partial charge in [0.15, 0.2) is 28.8 Å². The van der Waals surface area contributed by atoms with Gasteiger partial charge in [-0.25, -0.2) is 4.39 Å². The lowest BCUT2D eigenvalue weighted by atomic mass is 10.1. The van der Waals surface area contributed by atoms with E-state index in [1.165, 1.54) is 52.8 Å². The van der Waals surface area contributed by atoms with Crippen LogP contribution in [0.25, 0.3) is 12.2 Å². The Morgan fingerprint density at radius 3 is 2.06 bits per heavy atom. The second kappa shape index (κ2) is 11.6. The highest BCUT2D eigenvalue weighted by molar-refractivity contribution is 6.04. The summed E-state index contributed by atoms with van der Waals surface area (Å²) in [5.74, 6) is 0.897. The fraction of sp³-hybridized carbons (Fsp3) is 0.148. The van der Waals surface area contributed by atoms with Crippen LogP contribution in [0.4, 0.5) is 10.1 Å². The zero-order valence-corrected chi connectivity index (χ0v) is 19.4. The van der Waals surface area contributed by atoms with Gasteiger partial charge in [-0.15, -0.1) is 0 Å². The minimum atomic E-state index is -0.512. The molecule has 0 aliphatic heterocycles. The largest absolute Gasteiger partial charge is 0.494 e. The molecule has 0 spiro atoms. The molecule has 0 bridgehead atoms. The number of nitrogens with one attached hydrogen (secondary N) is 1. The van der Waals surface area contributed by atoms with E-state index in [1.807, 2.05) is 6.07 Å². The van der Waals surface area contributed by atoms with Crippen molar-refractivity contribution in [1.82, 2.24) is 0 Å². The van der Waals surface area contributed by atoms with Gasteiger partial charge in [-0.3, -0.25) is 4.79 Å². The Bertz CT molecular complexity index is 1180. The topological polar surface area (TPSA) is 66.0 Å². The lowest BCUT2D eigenvalue weighted by Gasteiger charge is -2.13. The molecule has 0 atom stereocenters. The molecule has 1 N–H and O–H groups in total.